The lowest BCUT2D eigenvalue weighted by Gasteiger charge is -2.14. The van der Waals surface area contributed by atoms with Gasteiger partial charge in [-0.3, -0.25) is 13.2 Å². The molecule has 0 atom stereocenters. The van der Waals surface area contributed by atoms with Crippen LogP contribution in [0.5, 0.6) is 0 Å². The highest BCUT2D eigenvalue weighted by Crippen LogP contribution is 2.51. The van der Waals surface area contributed by atoms with Gasteiger partial charge in [0, 0.05) is 69.5 Å². The van der Waals surface area contributed by atoms with Crippen LogP contribution in [-0.4, -0.2) is 28.2 Å². The molecule has 6 heteroatoms. The van der Waals surface area contributed by atoms with Gasteiger partial charge in [0.15, 0.2) is 0 Å². The zero-order valence-corrected chi connectivity index (χ0v) is 74.7. The molecule has 12 aromatic carbocycles. The minimum absolute atomic E-state index is 1.00. The van der Waals surface area contributed by atoms with Gasteiger partial charge in [0.25, 0.3) is 0 Å². The molecule has 0 bridgehead atoms. The minimum Gasteiger partial charge on any atom is -0.299 e. The third kappa shape index (κ3) is 15.4. The summed E-state index contributed by atoms with van der Waals surface area (Å²) in [5.41, 5.74) is 40.4. The van der Waals surface area contributed by atoms with Gasteiger partial charge in [0.05, 0.1) is 16.6 Å². The molecule has 0 N–H and O–H groups in total. The highest BCUT2D eigenvalue weighted by atomic mass is 15.0. The molecule has 0 fully saturated rings. The summed E-state index contributed by atoms with van der Waals surface area (Å²) in [6, 6.07) is 81.4. The number of benzene rings is 12. The zero-order valence-electron chi connectivity index (χ0n) is 74.7. The second-order valence-corrected chi connectivity index (χ2v) is 26.5. The van der Waals surface area contributed by atoms with Gasteiger partial charge in [-0.05, 0) is 237 Å². The van der Waals surface area contributed by atoms with Gasteiger partial charge in [-0.2, -0.15) is 0 Å². The number of pyridine rings is 3. The van der Waals surface area contributed by atoms with E-state index in [1.165, 1.54) is 199 Å². The monoisotopic (exact) mass is 1540 g/mol. The van der Waals surface area contributed by atoms with Crippen LogP contribution in [0, 0.1) is 0 Å². The summed E-state index contributed by atoms with van der Waals surface area (Å²) in [6.07, 6.45) is 18.2. The van der Waals surface area contributed by atoms with Gasteiger partial charge in [-0.1, -0.05) is 336 Å². The van der Waals surface area contributed by atoms with E-state index in [-0.39, 0.29) is 0 Å². The fraction of sp³-hybridized carbons (Fsp3) is 0.270. The van der Waals surface area contributed by atoms with Crippen molar-refractivity contribution in [3.05, 3.63) is 322 Å². The normalized spacial score (nSPS) is 11.4. The van der Waals surface area contributed by atoms with Crippen LogP contribution in [-0.2, 0) is 38.5 Å². The van der Waals surface area contributed by atoms with E-state index < -0.39 is 0 Å². The molecule has 6 aromatic heterocycles. The van der Waals surface area contributed by atoms with Gasteiger partial charge < -0.3 is 0 Å². The van der Waals surface area contributed by atoms with Crippen LogP contribution in [0.1, 0.15) is 233 Å². The van der Waals surface area contributed by atoms with E-state index in [0.717, 1.165) is 55.5 Å². The molecule has 0 saturated heterocycles. The lowest BCUT2D eigenvalue weighted by atomic mass is 9.94. The molecule has 6 nitrogen and oxygen atoms in total. The molecule has 0 unspecified atom stereocenters. The van der Waals surface area contributed by atoms with Crippen LogP contribution in [0.2, 0.25) is 0 Å². The third-order valence-electron chi connectivity index (χ3n) is 21.8. The molecule has 600 valence electrons. The average molecular weight is 1540 g/mol. The Morgan fingerprint density at radius 2 is 0.436 bits per heavy atom. The van der Waals surface area contributed by atoms with Gasteiger partial charge >= 0.3 is 0 Å². The Bertz CT molecular complexity index is 6350. The molecular formula is C111H126N6. The van der Waals surface area contributed by atoms with E-state index in [0.29, 0.717) is 0 Å². The van der Waals surface area contributed by atoms with Gasteiger partial charge in [0.2, 0.25) is 0 Å². The standard InChI is InChI=1S/3C29H18N2.12C2H6/c1-4-8-22-17(5-1)11-19-13-25-26-15-23-20(12-18-6-2-3-7-21(18)23)14-28(26)31-10-9-30-29(31)27(25)16-24(19)22;1-3-7-21-17(5-1)14-20-15-26-25(16-24(20)21)23-10-9-19-13-18-6-2-4-8-22(18)27(19)28(23)29-30-11-12-31(26)29;1-3-7-21-17(5-1)14-20-15-25-23-10-9-19-13-18-6-2-4-8-22(18)27(19)28(23)29-30-11-12-31(29)26(25)16-24(20)21;12*1-2/h1-10,13-16H,11-12H2;2*1-12,15-16H,13-14H2;12*1-2H3. The van der Waals surface area contributed by atoms with Crippen molar-refractivity contribution in [2.75, 3.05) is 0 Å². The first-order valence-corrected chi connectivity index (χ1v) is 44.7. The lowest BCUT2D eigenvalue weighted by molar-refractivity contribution is 1.23. The Hall–Kier alpha value is -11.7. The average Bonchev–Trinajstić information content (AvgIpc) is 1.61. The topological polar surface area (TPSA) is 51.9 Å². The van der Waals surface area contributed by atoms with Gasteiger partial charge in [-0.25, -0.2) is 15.0 Å². The highest BCUT2D eigenvalue weighted by Gasteiger charge is 2.30. The number of aromatic nitrogens is 6. The molecule has 0 radical (unpaired) electrons. The summed E-state index contributed by atoms with van der Waals surface area (Å²) in [7, 11) is 0. The molecule has 0 aliphatic heterocycles. The first-order valence-electron chi connectivity index (χ1n) is 44.7. The van der Waals surface area contributed by atoms with Crippen LogP contribution >= 0.6 is 0 Å². The van der Waals surface area contributed by atoms with Crippen molar-refractivity contribution in [2.45, 2.75) is 205 Å². The predicted octanol–water partition coefficient (Wildman–Crippen LogP) is 32.7. The molecule has 18 aromatic rings. The van der Waals surface area contributed by atoms with Crippen molar-refractivity contribution in [2.24, 2.45) is 0 Å². The van der Waals surface area contributed by atoms with E-state index in [1.54, 1.807) is 0 Å². The summed E-state index contributed by atoms with van der Waals surface area (Å²) >= 11 is 0. The van der Waals surface area contributed by atoms with E-state index in [2.05, 4.69) is 250 Å². The number of hydrogen-bond acceptors (Lipinski definition) is 3. The fourth-order valence-corrected chi connectivity index (χ4v) is 17.8. The van der Waals surface area contributed by atoms with Crippen molar-refractivity contribution < 1.29 is 0 Å². The van der Waals surface area contributed by atoms with E-state index in [9.17, 15) is 0 Å². The summed E-state index contributed by atoms with van der Waals surface area (Å²) in [5.74, 6) is 0. The summed E-state index contributed by atoms with van der Waals surface area (Å²) in [4.78, 5) is 14.5. The van der Waals surface area contributed by atoms with Gasteiger partial charge in [-0.15, -0.1) is 0 Å². The highest BCUT2D eigenvalue weighted by molar-refractivity contribution is 6.21. The van der Waals surface area contributed by atoms with Crippen molar-refractivity contribution >= 4 is 82.0 Å². The second-order valence-electron chi connectivity index (χ2n) is 26.5. The molecule has 6 aliphatic carbocycles. The Balaban J connectivity index is 0.000000164. The maximum atomic E-state index is 4.85. The van der Waals surface area contributed by atoms with Crippen LogP contribution < -0.4 is 0 Å². The molecule has 0 spiro atoms. The van der Waals surface area contributed by atoms with Crippen LogP contribution in [0.25, 0.3) is 149 Å². The number of rotatable bonds is 0. The third-order valence-corrected chi connectivity index (χ3v) is 21.8. The minimum atomic E-state index is 1.00. The van der Waals surface area contributed by atoms with Crippen molar-refractivity contribution in [3.63, 3.8) is 0 Å². The maximum Gasteiger partial charge on any atom is 0.145 e. The number of imidazole rings is 3. The Morgan fingerprint density at radius 3 is 0.795 bits per heavy atom. The van der Waals surface area contributed by atoms with Crippen LogP contribution in [0.15, 0.2) is 256 Å². The molecule has 117 heavy (non-hydrogen) atoms. The summed E-state index contributed by atoms with van der Waals surface area (Å²) in [6.45, 7) is 48.0. The zero-order chi connectivity index (χ0) is 84.3. The van der Waals surface area contributed by atoms with Crippen molar-refractivity contribution in [1.29, 1.82) is 0 Å². The number of nitrogens with zero attached hydrogens (tertiary/aromatic N) is 6. The Kier molecular flexibility index (Phi) is 30.5. The fourth-order valence-electron chi connectivity index (χ4n) is 17.8. The first kappa shape index (κ1) is 87.7. The van der Waals surface area contributed by atoms with Gasteiger partial charge in [0.1, 0.15) is 16.9 Å². The predicted molar refractivity (Wildman–Crippen MR) is 516 cm³/mol. The van der Waals surface area contributed by atoms with E-state index in [1.807, 2.05) is 185 Å². The largest absolute Gasteiger partial charge is 0.299 e. The van der Waals surface area contributed by atoms with Crippen molar-refractivity contribution in [1.82, 2.24) is 28.2 Å². The Morgan fingerprint density at radius 1 is 0.188 bits per heavy atom. The molecule has 24 rings (SSSR count). The first-order chi connectivity index (χ1) is 58.1. The second kappa shape index (κ2) is 40.7. The lowest BCUT2D eigenvalue weighted by Crippen LogP contribution is -1.95. The number of fused-ring (bicyclic) bond motifs is 38. The molecular weight excluding hydrogens is 1420 g/mol. The summed E-state index contributed by atoms with van der Waals surface area (Å²) in [5, 5.41) is 11.7. The SMILES string of the molecule is CC.CC.CC.CC.CC.CC.CC.CC.CC.CC.CC.CC.c1ccc2c(c1)Cc1cc3c(cc1-2)c1cc2c(cc1c1nccn31)-c1ccccc1C2.c1ccc2c(c1)Cc1cc3c(cc1-2)c1ccc2c(c1c1nccn31)-c1ccccc1C2.c1ccc2c(c1)Cc1cc3c4ccc5c(c4c4nccn4c3cc1-2)-c1ccccc1C5. The number of hydrogen-bond donors (Lipinski definition) is 0. The van der Waals surface area contributed by atoms with Crippen molar-refractivity contribution in [3.8, 4) is 66.8 Å². The smallest absolute Gasteiger partial charge is 0.145 e. The van der Waals surface area contributed by atoms with E-state index >= 15 is 0 Å². The summed E-state index contributed by atoms with van der Waals surface area (Å²) < 4.78 is 6.86. The van der Waals surface area contributed by atoms with Crippen LogP contribution in [0.4, 0.5) is 0 Å². The van der Waals surface area contributed by atoms with E-state index in [4.69, 9.17) is 15.0 Å². The molecule has 0 saturated carbocycles. The Labute approximate surface area is 699 Å². The molecule has 6 heterocycles. The molecule has 6 aliphatic rings. The maximum absolute atomic E-state index is 4.85. The quantitative estimate of drug-likeness (QED) is 0.142. The van der Waals surface area contributed by atoms with Crippen LogP contribution in [0.3, 0.4) is 0 Å². The molecule has 0 amide bonds.